The number of phenols is 1. The van der Waals surface area contributed by atoms with Gasteiger partial charge >= 0.3 is 0 Å². The summed E-state index contributed by atoms with van der Waals surface area (Å²) in [6, 6.07) is 11.6. The molecular weight excluding hydrogens is 268 g/mol. The maximum Gasteiger partial charge on any atom is 0.255 e. The summed E-state index contributed by atoms with van der Waals surface area (Å²) in [6.45, 7) is 3.40. The zero-order valence-corrected chi connectivity index (χ0v) is 11.8. The molecule has 2 aromatic carbocycles. The Balaban J connectivity index is 2.32. The molecule has 2 aromatic rings. The maximum atomic E-state index is 12.3. The zero-order chi connectivity index (χ0) is 15.4. The maximum absolute atomic E-state index is 12.3. The van der Waals surface area contributed by atoms with Gasteiger partial charge in [-0.3, -0.25) is 4.79 Å². The molecule has 21 heavy (non-hydrogen) atoms. The quantitative estimate of drug-likeness (QED) is 0.460. The fourth-order valence-electron chi connectivity index (χ4n) is 2.05. The summed E-state index contributed by atoms with van der Waals surface area (Å²) < 4.78 is 0. The van der Waals surface area contributed by atoms with E-state index < -0.39 is 0 Å². The van der Waals surface area contributed by atoms with Gasteiger partial charge in [-0.1, -0.05) is 23.4 Å². The molecule has 3 N–H and O–H groups in total. The lowest BCUT2D eigenvalue weighted by Crippen LogP contribution is -2.15. The van der Waals surface area contributed by atoms with Crippen LogP contribution in [0.5, 0.6) is 5.75 Å². The van der Waals surface area contributed by atoms with Crippen molar-refractivity contribution in [1.29, 1.82) is 0 Å². The van der Waals surface area contributed by atoms with Crippen molar-refractivity contribution in [3.8, 4) is 5.75 Å². The van der Waals surface area contributed by atoms with Gasteiger partial charge in [-0.2, -0.15) is 0 Å². The number of carbonyl (C=O) groups excluding carboxylic acids is 1. The third kappa shape index (κ3) is 3.20. The highest BCUT2D eigenvalue weighted by atomic mass is 16.4. The van der Waals surface area contributed by atoms with Gasteiger partial charge in [-0.15, -0.1) is 0 Å². The van der Waals surface area contributed by atoms with Gasteiger partial charge in [0, 0.05) is 11.1 Å². The van der Waals surface area contributed by atoms with Crippen molar-refractivity contribution in [2.45, 2.75) is 13.8 Å². The number of benzene rings is 2. The van der Waals surface area contributed by atoms with E-state index in [-0.39, 0.29) is 11.7 Å². The highest BCUT2D eigenvalue weighted by Crippen LogP contribution is 2.20. The minimum Gasteiger partial charge on any atom is -0.508 e. The molecule has 0 radical (unpaired) electrons. The first-order valence-corrected chi connectivity index (χ1v) is 6.42. The lowest BCUT2D eigenvalue weighted by atomic mass is 10.1. The number of amides is 1. The summed E-state index contributed by atoms with van der Waals surface area (Å²) in [5, 5.41) is 24.2. The number of rotatable bonds is 3. The van der Waals surface area contributed by atoms with Gasteiger partial charge in [0.05, 0.1) is 11.4 Å². The van der Waals surface area contributed by atoms with Crippen LogP contribution in [0.2, 0.25) is 0 Å². The van der Waals surface area contributed by atoms with Crippen molar-refractivity contribution in [2.24, 2.45) is 5.16 Å². The summed E-state index contributed by atoms with van der Waals surface area (Å²) in [4.78, 5) is 12.3. The number of para-hydroxylation sites is 1. The van der Waals surface area contributed by atoms with Crippen LogP contribution >= 0.6 is 0 Å². The second kappa shape index (κ2) is 6.09. The molecular formula is C16H16N2O3. The first-order chi connectivity index (χ1) is 10.0. The molecule has 5 heteroatoms. The van der Waals surface area contributed by atoms with E-state index in [0.29, 0.717) is 28.1 Å². The predicted octanol–water partition coefficient (Wildman–Crippen LogP) is 3.15. The third-order valence-corrected chi connectivity index (χ3v) is 3.17. The van der Waals surface area contributed by atoms with E-state index in [1.807, 2.05) is 0 Å². The molecule has 0 unspecified atom stereocenters. The molecule has 0 aliphatic carbocycles. The Kier molecular flexibility index (Phi) is 4.23. The van der Waals surface area contributed by atoms with E-state index in [4.69, 9.17) is 5.21 Å². The number of nitrogens with zero attached hydrogens (tertiary/aromatic N) is 1. The van der Waals surface area contributed by atoms with E-state index >= 15 is 0 Å². The summed E-state index contributed by atoms with van der Waals surface area (Å²) in [5.74, 6) is -0.168. The van der Waals surface area contributed by atoms with Crippen LogP contribution in [0.3, 0.4) is 0 Å². The second-order valence-corrected chi connectivity index (χ2v) is 4.68. The molecule has 0 bridgehead atoms. The lowest BCUT2D eigenvalue weighted by Gasteiger charge is -2.11. The summed E-state index contributed by atoms with van der Waals surface area (Å²) in [6.07, 6.45) is 0. The largest absolute Gasteiger partial charge is 0.508 e. The number of hydrogen-bond donors (Lipinski definition) is 3. The van der Waals surface area contributed by atoms with Crippen LogP contribution in [0, 0.1) is 6.92 Å². The number of hydrogen-bond acceptors (Lipinski definition) is 4. The highest BCUT2D eigenvalue weighted by Gasteiger charge is 2.12. The monoisotopic (exact) mass is 284 g/mol. The van der Waals surface area contributed by atoms with Gasteiger partial charge in [0.15, 0.2) is 0 Å². The van der Waals surface area contributed by atoms with Gasteiger partial charge in [0.2, 0.25) is 0 Å². The summed E-state index contributed by atoms with van der Waals surface area (Å²) in [5.41, 5.74) is 2.77. The van der Waals surface area contributed by atoms with E-state index in [1.165, 1.54) is 12.1 Å². The van der Waals surface area contributed by atoms with Crippen LogP contribution in [0.4, 0.5) is 5.69 Å². The number of aryl methyl sites for hydroxylation is 1. The van der Waals surface area contributed by atoms with Crippen molar-refractivity contribution < 1.29 is 15.1 Å². The van der Waals surface area contributed by atoms with E-state index in [2.05, 4.69) is 10.5 Å². The van der Waals surface area contributed by atoms with E-state index in [1.54, 1.807) is 44.2 Å². The Morgan fingerprint density at radius 3 is 2.52 bits per heavy atom. The highest BCUT2D eigenvalue weighted by molar-refractivity contribution is 6.10. The average molecular weight is 284 g/mol. The number of nitrogens with one attached hydrogen (secondary N) is 1. The molecule has 1 amide bonds. The van der Waals surface area contributed by atoms with Gasteiger partial charge < -0.3 is 15.6 Å². The summed E-state index contributed by atoms with van der Waals surface area (Å²) >= 11 is 0. The SMILES string of the molecule is C/C(=N/O)c1ccccc1NC(=O)c1ccc(O)cc1C. The smallest absolute Gasteiger partial charge is 0.255 e. The minimum absolute atomic E-state index is 0.118. The van der Waals surface area contributed by atoms with Crippen LogP contribution in [0.25, 0.3) is 0 Å². The average Bonchev–Trinajstić information content (AvgIpc) is 2.46. The number of oxime groups is 1. The molecule has 108 valence electrons. The van der Waals surface area contributed by atoms with Crippen molar-refractivity contribution >= 4 is 17.3 Å². The van der Waals surface area contributed by atoms with Crippen LogP contribution < -0.4 is 5.32 Å². The zero-order valence-electron chi connectivity index (χ0n) is 11.8. The molecule has 0 aliphatic rings. The summed E-state index contributed by atoms with van der Waals surface area (Å²) in [7, 11) is 0. The molecule has 0 heterocycles. The van der Waals surface area contributed by atoms with Crippen LogP contribution in [-0.2, 0) is 0 Å². The van der Waals surface area contributed by atoms with Gasteiger partial charge in [-0.25, -0.2) is 0 Å². The Morgan fingerprint density at radius 1 is 1.14 bits per heavy atom. The van der Waals surface area contributed by atoms with Crippen LogP contribution in [0.1, 0.15) is 28.4 Å². The number of phenolic OH excluding ortho intramolecular Hbond substituents is 1. The molecule has 0 aliphatic heterocycles. The third-order valence-electron chi connectivity index (χ3n) is 3.17. The lowest BCUT2D eigenvalue weighted by molar-refractivity contribution is 0.102. The Hall–Kier alpha value is -2.82. The Bertz CT molecular complexity index is 708. The molecule has 0 saturated carbocycles. The first kappa shape index (κ1) is 14.6. The normalized spacial score (nSPS) is 11.2. The van der Waals surface area contributed by atoms with Crippen molar-refractivity contribution in [3.05, 3.63) is 59.2 Å². The first-order valence-electron chi connectivity index (χ1n) is 6.42. The predicted molar refractivity (Wildman–Crippen MR) is 81.2 cm³/mol. The molecule has 0 aromatic heterocycles. The van der Waals surface area contributed by atoms with Gasteiger partial charge in [-0.05, 0) is 43.7 Å². The molecule has 0 fully saturated rings. The van der Waals surface area contributed by atoms with E-state index in [0.717, 1.165) is 0 Å². The number of anilines is 1. The number of carbonyl (C=O) groups is 1. The van der Waals surface area contributed by atoms with Crippen molar-refractivity contribution in [2.75, 3.05) is 5.32 Å². The van der Waals surface area contributed by atoms with E-state index in [9.17, 15) is 9.90 Å². The van der Waals surface area contributed by atoms with Crippen LogP contribution in [0.15, 0.2) is 47.6 Å². The van der Waals surface area contributed by atoms with Crippen molar-refractivity contribution in [1.82, 2.24) is 0 Å². The molecule has 2 rings (SSSR count). The fourth-order valence-corrected chi connectivity index (χ4v) is 2.05. The molecule has 0 saturated heterocycles. The standard InChI is InChI=1S/C16H16N2O3/c1-10-9-12(19)7-8-13(10)16(20)17-15-6-4-3-5-14(15)11(2)18-21/h3-9,19,21H,1-2H3,(H,17,20)/b18-11-. The Morgan fingerprint density at radius 2 is 1.86 bits per heavy atom. The Labute approximate surface area is 122 Å². The second-order valence-electron chi connectivity index (χ2n) is 4.68. The van der Waals surface area contributed by atoms with Gasteiger partial charge in [0.1, 0.15) is 5.75 Å². The molecule has 0 atom stereocenters. The number of aromatic hydroxyl groups is 1. The molecule has 0 spiro atoms. The molecule has 5 nitrogen and oxygen atoms in total. The topological polar surface area (TPSA) is 81.9 Å². The van der Waals surface area contributed by atoms with Crippen molar-refractivity contribution in [3.63, 3.8) is 0 Å². The van der Waals surface area contributed by atoms with Crippen LogP contribution in [-0.4, -0.2) is 21.9 Å². The minimum atomic E-state index is -0.286. The fraction of sp³-hybridized carbons (Fsp3) is 0.125. The van der Waals surface area contributed by atoms with Gasteiger partial charge in [0.25, 0.3) is 5.91 Å².